The molecule has 0 saturated heterocycles. The fraction of sp³-hybridized carbons (Fsp3) is 0.190. The molecule has 0 atom stereocenters. The normalized spacial score (nSPS) is 14.6. The van der Waals surface area contributed by atoms with Crippen molar-refractivity contribution in [2.45, 2.75) is 13.8 Å². The van der Waals surface area contributed by atoms with E-state index in [4.69, 9.17) is 9.47 Å². The minimum atomic E-state index is -2.34. The summed E-state index contributed by atoms with van der Waals surface area (Å²) in [5.74, 6) is -12.3. The first-order valence-corrected chi connectivity index (χ1v) is 11.5. The summed E-state index contributed by atoms with van der Waals surface area (Å²) >= 11 is 3.91. The number of rotatable bonds is 6. The third-order valence-electron chi connectivity index (χ3n) is 4.43. The Morgan fingerprint density at radius 3 is 2.09 bits per heavy atom. The number of benzene rings is 2. The van der Waals surface area contributed by atoms with Gasteiger partial charge in [-0.25, -0.2) is 26.7 Å². The largest absolute Gasteiger partial charge is 0.480 e. The SMILES string of the molecule is CCOC(=O)COc1c(I)cc(/C=C2/C(=O)N(c3c(F)c(F)c(F)c(F)c3F)N=C2C)cc1I. The number of nitrogens with zero attached hydrogens (tertiary/aromatic N) is 2. The van der Waals surface area contributed by atoms with Crippen molar-refractivity contribution in [1.82, 2.24) is 0 Å². The van der Waals surface area contributed by atoms with Gasteiger partial charge in [-0.05, 0) is 82.8 Å². The summed E-state index contributed by atoms with van der Waals surface area (Å²) in [6, 6.07) is 3.22. The highest BCUT2D eigenvalue weighted by Crippen LogP contribution is 2.35. The molecule has 1 heterocycles. The van der Waals surface area contributed by atoms with Gasteiger partial charge in [-0.2, -0.15) is 10.1 Å². The van der Waals surface area contributed by atoms with E-state index in [1.807, 2.05) is 45.2 Å². The molecule has 0 bridgehead atoms. The number of ether oxygens (including phenoxy) is 2. The van der Waals surface area contributed by atoms with Crippen LogP contribution >= 0.6 is 45.2 Å². The van der Waals surface area contributed by atoms with Crippen LogP contribution in [0.15, 0.2) is 22.8 Å². The Kier molecular flexibility index (Phi) is 8.15. The Balaban J connectivity index is 1.94. The van der Waals surface area contributed by atoms with E-state index in [9.17, 15) is 31.5 Å². The standard InChI is InChI=1S/C21H13F5I2N2O4/c1-3-33-13(31)7-34-20-11(27)5-9(6-12(20)28)4-10-8(2)29-30(21(10)32)19-17(25)15(23)14(22)16(24)18(19)26/h4-6H,3,7H2,1-2H3/b10-4+. The zero-order valence-corrected chi connectivity index (χ0v) is 21.6. The van der Waals surface area contributed by atoms with Crippen LogP contribution in [0.1, 0.15) is 19.4 Å². The third-order valence-corrected chi connectivity index (χ3v) is 6.03. The van der Waals surface area contributed by atoms with Gasteiger partial charge in [0.15, 0.2) is 29.9 Å². The second-order valence-electron chi connectivity index (χ2n) is 6.69. The van der Waals surface area contributed by atoms with Gasteiger partial charge in [-0.3, -0.25) is 4.79 Å². The number of esters is 1. The number of hydrazone groups is 1. The van der Waals surface area contributed by atoms with Gasteiger partial charge in [0.2, 0.25) is 5.82 Å². The minimum Gasteiger partial charge on any atom is -0.480 e. The second-order valence-corrected chi connectivity index (χ2v) is 9.01. The Labute approximate surface area is 217 Å². The van der Waals surface area contributed by atoms with Gasteiger partial charge < -0.3 is 9.47 Å². The second kappa shape index (κ2) is 10.5. The van der Waals surface area contributed by atoms with Crippen molar-refractivity contribution in [3.8, 4) is 5.75 Å². The zero-order valence-electron chi connectivity index (χ0n) is 17.3. The van der Waals surface area contributed by atoms with Crippen molar-refractivity contribution in [3.63, 3.8) is 0 Å². The molecule has 2 aromatic rings. The van der Waals surface area contributed by atoms with Crippen LogP contribution in [0.5, 0.6) is 5.75 Å². The van der Waals surface area contributed by atoms with Crippen LogP contribution in [0, 0.1) is 36.2 Å². The number of hydrogen-bond acceptors (Lipinski definition) is 5. The highest BCUT2D eigenvalue weighted by atomic mass is 127. The van der Waals surface area contributed by atoms with Gasteiger partial charge in [-0.15, -0.1) is 0 Å². The number of halogens is 7. The Hall–Kier alpha value is -2.30. The van der Waals surface area contributed by atoms with Crippen LogP contribution in [-0.4, -0.2) is 30.8 Å². The van der Waals surface area contributed by atoms with E-state index in [0.717, 1.165) is 0 Å². The maximum absolute atomic E-state index is 14.2. The Morgan fingerprint density at radius 2 is 1.56 bits per heavy atom. The molecule has 34 heavy (non-hydrogen) atoms. The molecule has 0 spiro atoms. The lowest BCUT2D eigenvalue weighted by Crippen LogP contribution is -2.25. The summed E-state index contributed by atoms with van der Waals surface area (Å²) in [4.78, 5) is 24.3. The molecule has 0 radical (unpaired) electrons. The van der Waals surface area contributed by atoms with Crippen molar-refractivity contribution >= 4 is 74.5 Å². The van der Waals surface area contributed by atoms with Crippen LogP contribution in [0.4, 0.5) is 27.6 Å². The molecule has 2 aromatic carbocycles. The molecule has 0 unspecified atom stereocenters. The van der Waals surface area contributed by atoms with Crippen LogP contribution in [0.2, 0.25) is 0 Å². The van der Waals surface area contributed by atoms with Crippen LogP contribution in [0.25, 0.3) is 6.08 Å². The van der Waals surface area contributed by atoms with Crippen LogP contribution in [-0.2, 0) is 14.3 Å². The molecule has 0 aliphatic carbocycles. The minimum absolute atomic E-state index is 0.00148. The number of carbonyl (C=O) groups excluding carboxylic acids is 2. The topological polar surface area (TPSA) is 68.2 Å². The lowest BCUT2D eigenvalue weighted by Gasteiger charge is -2.15. The van der Waals surface area contributed by atoms with Crippen molar-refractivity contribution in [3.05, 3.63) is 59.5 Å². The molecule has 180 valence electrons. The fourth-order valence-electron chi connectivity index (χ4n) is 2.92. The van der Waals surface area contributed by atoms with E-state index in [2.05, 4.69) is 5.10 Å². The maximum Gasteiger partial charge on any atom is 0.344 e. The zero-order chi connectivity index (χ0) is 25.3. The number of hydrogen-bond donors (Lipinski definition) is 0. The summed E-state index contributed by atoms with van der Waals surface area (Å²) in [5.41, 5.74) is -1.11. The monoisotopic (exact) mass is 706 g/mol. The number of anilines is 1. The average Bonchev–Trinajstić information content (AvgIpc) is 3.04. The van der Waals surface area contributed by atoms with Crippen molar-refractivity contribution in [1.29, 1.82) is 0 Å². The summed E-state index contributed by atoms with van der Waals surface area (Å²) in [7, 11) is 0. The number of amides is 1. The summed E-state index contributed by atoms with van der Waals surface area (Å²) in [5, 5.41) is 3.84. The van der Waals surface area contributed by atoms with Crippen LogP contribution < -0.4 is 9.75 Å². The lowest BCUT2D eigenvalue weighted by atomic mass is 10.1. The van der Waals surface area contributed by atoms with Gasteiger partial charge in [-0.1, -0.05) is 0 Å². The summed E-state index contributed by atoms with van der Waals surface area (Å²) in [6.45, 7) is 2.92. The Morgan fingerprint density at radius 1 is 1.03 bits per heavy atom. The molecule has 3 rings (SSSR count). The molecule has 1 aliphatic rings. The molecule has 0 saturated carbocycles. The molecule has 1 aliphatic heterocycles. The molecular weight excluding hydrogens is 693 g/mol. The summed E-state index contributed by atoms with van der Waals surface area (Å²) in [6.07, 6.45) is 1.35. The summed E-state index contributed by atoms with van der Waals surface area (Å²) < 4.78 is 80.4. The molecule has 0 fully saturated rings. The van der Waals surface area contributed by atoms with E-state index in [0.29, 0.717) is 18.5 Å². The van der Waals surface area contributed by atoms with Gasteiger partial charge >= 0.3 is 5.97 Å². The van der Waals surface area contributed by atoms with E-state index < -0.39 is 46.6 Å². The quantitative estimate of drug-likeness (QED) is 0.102. The lowest BCUT2D eigenvalue weighted by molar-refractivity contribution is -0.145. The van der Waals surface area contributed by atoms with Crippen molar-refractivity contribution in [2.75, 3.05) is 18.2 Å². The van der Waals surface area contributed by atoms with E-state index in [-0.39, 0.29) is 29.5 Å². The fourth-order valence-corrected chi connectivity index (χ4v) is 5.04. The van der Waals surface area contributed by atoms with Gasteiger partial charge in [0, 0.05) is 0 Å². The molecule has 6 nitrogen and oxygen atoms in total. The smallest absolute Gasteiger partial charge is 0.344 e. The molecule has 1 amide bonds. The average molecular weight is 706 g/mol. The molecule has 13 heteroatoms. The van der Waals surface area contributed by atoms with Crippen LogP contribution in [0.3, 0.4) is 0 Å². The predicted molar refractivity (Wildman–Crippen MR) is 129 cm³/mol. The predicted octanol–water partition coefficient (Wildman–Crippen LogP) is 5.34. The maximum atomic E-state index is 14.2. The first-order chi connectivity index (χ1) is 16.0. The molecular formula is C21H13F5I2N2O4. The number of carbonyl (C=O) groups is 2. The van der Waals surface area contributed by atoms with Crippen molar-refractivity contribution < 1.29 is 41.0 Å². The van der Waals surface area contributed by atoms with Crippen molar-refractivity contribution in [2.24, 2.45) is 5.10 Å². The Bertz CT molecular complexity index is 1210. The molecule has 0 N–H and O–H groups in total. The van der Waals surface area contributed by atoms with Gasteiger partial charge in [0.25, 0.3) is 5.91 Å². The van der Waals surface area contributed by atoms with Gasteiger partial charge in [0.1, 0.15) is 11.4 Å². The third kappa shape index (κ3) is 5.04. The van der Waals surface area contributed by atoms with E-state index in [1.54, 1.807) is 19.1 Å². The highest BCUT2D eigenvalue weighted by molar-refractivity contribution is 14.1. The first kappa shape index (κ1) is 26.3. The molecule has 0 aromatic heterocycles. The van der Waals surface area contributed by atoms with E-state index >= 15 is 0 Å². The van der Waals surface area contributed by atoms with E-state index in [1.165, 1.54) is 13.0 Å². The first-order valence-electron chi connectivity index (χ1n) is 9.38. The highest BCUT2D eigenvalue weighted by Gasteiger charge is 2.37. The van der Waals surface area contributed by atoms with Gasteiger partial charge in [0.05, 0.1) is 25.0 Å².